The van der Waals surface area contributed by atoms with Gasteiger partial charge in [-0.25, -0.2) is 0 Å². The molecule has 0 spiro atoms. The van der Waals surface area contributed by atoms with Crippen LogP contribution in [0.3, 0.4) is 0 Å². The zero-order valence-corrected chi connectivity index (χ0v) is 17.8. The molecule has 0 rings (SSSR count). The second-order valence-corrected chi connectivity index (χ2v) is 250. The molecule has 0 aromatic carbocycles. The molecule has 54 valence electrons. The fourth-order valence-electron chi connectivity index (χ4n) is 0. The van der Waals surface area contributed by atoms with Crippen molar-refractivity contribution in [1.82, 2.24) is 0 Å². The Labute approximate surface area is 103 Å². The van der Waals surface area contributed by atoms with Crippen LogP contribution < -0.4 is 0 Å². The van der Waals surface area contributed by atoms with Crippen LogP contribution in [0.2, 0.25) is 0 Å². The van der Waals surface area contributed by atoms with Gasteiger partial charge in [-0.1, -0.05) is 0 Å². The Morgan fingerprint density at radius 3 is 0.571 bits per heavy atom. The summed E-state index contributed by atoms with van der Waals surface area (Å²) in [5.41, 5.74) is 0. The van der Waals surface area contributed by atoms with E-state index in [1.807, 2.05) is 0 Å². The van der Waals surface area contributed by atoms with Gasteiger partial charge in [-0.05, 0) is 0 Å². The summed E-state index contributed by atoms with van der Waals surface area (Å²) in [7, 11) is 0. The molecule has 0 heterocycles. The first-order valence-electron chi connectivity index (χ1n) is 0.717. The summed E-state index contributed by atoms with van der Waals surface area (Å²) in [6.07, 6.45) is 0. The molecule has 0 amide bonds. The van der Waals surface area contributed by atoms with E-state index in [9.17, 15) is 0 Å². The van der Waals surface area contributed by atoms with Gasteiger partial charge in [-0.15, -0.1) is 0 Å². The molecule has 7 heteroatoms. The molecule has 0 atom stereocenters. The van der Waals surface area contributed by atoms with Crippen LogP contribution in [0.15, 0.2) is 0 Å². The Morgan fingerprint density at radius 2 is 0.571 bits per heavy atom. The maximum absolute atomic E-state index is 2.56. The zero-order chi connectivity index (χ0) is 6.41. The number of hydrogen-bond donors (Lipinski definition) is 0. The van der Waals surface area contributed by atoms with Gasteiger partial charge in [-0.2, -0.15) is 0 Å². The van der Waals surface area contributed by atoms with Crippen molar-refractivity contribution >= 4 is 116 Å². The molecular formula is I6Pt-2. The first-order valence-corrected chi connectivity index (χ1v) is 39.4. The quantitative estimate of drug-likeness (QED) is 0.290. The van der Waals surface area contributed by atoms with Crippen molar-refractivity contribution in [3.63, 3.8) is 0 Å². The summed E-state index contributed by atoms with van der Waals surface area (Å²) in [5, 5.41) is 0. The summed E-state index contributed by atoms with van der Waals surface area (Å²) >= 11 is 15.4. The average molecular weight is 957 g/mol. The predicted molar refractivity (Wildman–Crippen MR) is 84.1 cm³/mol. The van der Waals surface area contributed by atoms with E-state index in [2.05, 4.69) is 116 Å². The molecule has 0 unspecified atom stereocenters. The van der Waals surface area contributed by atoms with Crippen molar-refractivity contribution in [2.24, 2.45) is 0 Å². The normalized spacial score (nSPS) is 23.1. The fraction of sp³-hybridized carbons (Fsp3) is 0. The fourth-order valence-corrected chi connectivity index (χ4v) is 0. The molecule has 0 aliphatic carbocycles. The third-order valence-electron chi connectivity index (χ3n) is 0. The van der Waals surface area contributed by atoms with E-state index in [1.165, 1.54) is 0 Å². The van der Waals surface area contributed by atoms with E-state index in [0.29, 0.717) is 0 Å². The van der Waals surface area contributed by atoms with Gasteiger partial charge in [-0.3, -0.25) is 0 Å². The van der Waals surface area contributed by atoms with Crippen molar-refractivity contribution in [2.75, 3.05) is 0 Å². The first-order chi connectivity index (χ1) is 2.45. The van der Waals surface area contributed by atoms with Gasteiger partial charge >= 0.3 is 108 Å². The molecule has 7 heavy (non-hydrogen) atoms. The van der Waals surface area contributed by atoms with Crippen LogP contribution in [0.4, 0.5) is 0 Å². The standard InChI is InChI=1S/6HI.Pt/h6*1H;/q;;;;;;+4/p-6. The van der Waals surface area contributed by atoms with Gasteiger partial charge in [0.1, 0.15) is 0 Å². The van der Waals surface area contributed by atoms with Crippen molar-refractivity contribution in [1.29, 1.82) is 0 Å². The molecular weight excluding hydrogens is 957 g/mol. The summed E-state index contributed by atoms with van der Waals surface area (Å²) in [5.74, 6) is 0. The average Bonchev–Trinajstić information content (AvgIpc) is 0.592. The van der Waals surface area contributed by atoms with E-state index in [0.717, 1.165) is 0 Å². The molecule has 0 bridgehead atoms. The van der Waals surface area contributed by atoms with Crippen LogP contribution in [0, 0.1) is 0 Å². The molecule has 0 aromatic rings. The second-order valence-electron chi connectivity index (χ2n) is 0.678. The molecule has 0 saturated heterocycles. The molecule has 0 fully saturated rings. The molecule has 0 aliphatic rings. The summed E-state index contributed by atoms with van der Waals surface area (Å²) < 4.78 is -2.30. The van der Waals surface area contributed by atoms with Crippen molar-refractivity contribution < 1.29 is -8.53 Å². The van der Waals surface area contributed by atoms with Crippen LogP contribution in [-0.4, -0.2) is 0 Å². The predicted octanol–water partition coefficient (Wildman–Crippen LogP) is 5.31. The Hall–Kier alpha value is 5.07. The molecule has 0 radical (unpaired) electrons. The van der Waals surface area contributed by atoms with Gasteiger partial charge in [0.2, 0.25) is 0 Å². The Kier molecular flexibility index (Phi) is 4.80. The van der Waals surface area contributed by atoms with Crippen LogP contribution in [0.25, 0.3) is 0 Å². The van der Waals surface area contributed by atoms with Crippen LogP contribution in [0.1, 0.15) is 0 Å². The SMILES string of the molecule is [I][Pt-2]([I])([I])([I])([I])[I]. The molecule has 0 aliphatic heterocycles. The third-order valence-corrected chi connectivity index (χ3v) is 0. The maximum atomic E-state index is 2.56. The Bertz CT molecular complexity index is 62.7. The molecule has 0 nitrogen and oxygen atoms in total. The van der Waals surface area contributed by atoms with Crippen molar-refractivity contribution in [2.45, 2.75) is 0 Å². The number of hydrogen-bond acceptors (Lipinski definition) is 0. The molecule has 0 N–H and O–H groups in total. The van der Waals surface area contributed by atoms with Gasteiger partial charge in [0.15, 0.2) is 0 Å². The van der Waals surface area contributed by atoms with Crippen LogP contribution >= 0.6 is 116 Å². The minimum atomic E-state index is -2.30. The van der Waals surface area contributed by atoms with E-state index in [1.54, 1.807) is 0 Å². The number of halogens is 6. The summed E-state index contributed by atoms with van der Waals surface area (Å²) in [4.78, 5) is 0. The molecule has 0 aromatic heterocycles. The monoisotopic (exact) mass is 956 g/mol. The number of rotatable bonds is 0. The summed E-state index contributed by atoms with van der Waals surface area (Å²) in [6, 6.07) is 0. The van der Waals surface area contributed by atoms with Gasteiger partial charge in [0, 0.05) is 0 Å². The van der Waals surface area contributed by atoms with Crippen molar-refractivity contribution in [3.05, 3.63) is 0 Å². The van der Waals surface area contributed by atoms with Gasteiger partial charge < -0.3 is 0 Å². The van der Waals surface area contributed by atoms with E-state index in [4.69, 9.17) is 0 Å². The molecule has 0 saturated carbocycles. The van der Waals surface area contributed by atoms with Gasteiger partial charge in [0.05, 0.1) is 0 Å². The Balaban J connectivity index is 4.43. The third kappa shape index (κ3) is 35.4. The second kappa shape index (κ2) is 2.79. The Morgan fingerprint density at radius 1 is 0.571 bits per heavy atom. The van der Waals surface area contributed by atoms with Gasteiger partial charge in [0.25, 0.3) is 0 Å². The van der Waals surface area contributed by atoms with Crippen LogP contribution in [-0.2, 0) is -8.53 Å². The van der Waals surface area contributed by atoms with E-state index < -0.39 is -8.53 Å². The first kappa shape index (κ1) is 12.1. The van der Waals surface area contributed by atoms with Crippen molar-refractivity contribution in [3.8, 4) is 0 Å². The van der Waals surface area contributed by atoms with E-state index in [-0.39, 0.29) is 0 Å². The summed E-state index contributed by atoms with van der Waals surface area (Å²) in [6.45, 7) is 0. The van der Waals surface area contributed by atoms with Crippen LogP contribution in [0.5, 0.6) is 0 Å². The van der Waals surface area contributed by atoms with E-state index >= 15 is 0 Å². The topological polar surface area (TPSA) is 0 Å². The minimum absolute atomic E-state index is 2.30. The zero-order valence-electron chi connectivity index (χ0n) is 2.58.